The van der Waals surface area contributed by atoms with Gasteiger partial charge in [0.1, 0.15) is 5.82 Å². The molecule has 0 fully saturated rings. The van der Waals surface area contributed by atoms with Crippen LogP contribution in [0.5, 0.6) is 0 Å². The summed E-state index contributed by atoms with van der Waals surface area (Å²) in [5.74, 6) is 0.455. The second kappa shape index (κ2) is 8.12. The Morgan fingerprint density at radius 2 is 2.04 bits per heavy atom. The van der Waals surface area contributed by atoms with E-state index in [1.54, 1.807) is 6.07 Å². The number of anilines is 1. The molecule has 0 saturated heterocycles. The van der Waals surface area contributed by atoms with Gasteiger partial charge in [0.25, 0.3) is 0 Å². The molecule has 5 heteroatoms. The molecule has 1 aromatic carbocycles. The molecule has 0 saturated carbocycles. The number of pyridine rings is 1. The van der Waals surface area contributed by atoms with E-state index >= 15 is 0 Å². The van der Waals surface area contributed by atoms with Crippen molar-refractivity contribution in [3.05, 3.63) is 58.8 Å². The van der Waals surface area contributed by atoms with Crippen LogP contribution >= 0.6 is 0 Å². The van der Waals surface area contributed by atoms with E-state index in [4.69, 9.17) is 4.74 Å². The number of fused-ring (bicyclic) bond motifs is 1. The van der Waals surface area contributed by atoms with Crippen LogP contribution in [0.25, 0.3) is 0 Å². The van der Waals surface area contributed by atoms with Gasteiger partial charge in [0.15, 0.2) is 0 Å². The molecule has 2 aromatic rings. The lowest BCUT2D eigenvalue weighted by molar-refractivity contribution is 0.0599. The molecule has 1 aliphatic rings. The summed E-state index contributed by atoms with van der Waals surface area (Å²) in [6.07, 6.45) is 2.20. The Kier molecular flexibility index (Phi) is 5.66. The third kappa shape index (κ3) is 4.37. The second-order valence-corrected chi connectivity index (χ2v) is 6.40. The van der Waals surface area contributed by atoms with E-state index in [0.29, 0.717) is 11.3 Å². The molecule has 1 aliphatic heterocycles. The average molecular weight is 339 g/mol. The van der Waals surface area contributed by atoms with Gasteiger partial charge in [-0.1, -0.05) is 24.3 Å². The first kappa shape index (κ1) is 17.4. The summed E-state index contributed by atoms with van der Waals surface area (Å²) in [7, 11) is 1.38. The topological polar surface area (TPSA) is 54.5 Å². The van der Waals surface area contributed by atoms with Gasteiger partial charge in [-0.2, -0.15) is 0 Å². The number of hydrogen-bond acceptors (Lipinski definition) is 5. The Morgan fingerprint density at radius 3 is 2.80 bits per heavy atom. The molecule has 3 rings (SSSR count). The van der Waals surface area contributed by atoms with Crippen LogP contribution in [0.1, 0.15) is 33.6 Å². The summed E-state index contributed by atoms with van der Waals surface area (Å²) in [4.78, 5) is 18.5. The number of carbonyl (C=O) groups is 1. The molecular formula is C20H25N3O2. The molecule has 0 atom stereocenters. The number of benzene rings is 1. The highest BCUT2D eigenvalue weighted by molar-refractivity contribution is 5.90. The monoisotopic (exact) mass is 339 g/mol. The number of ether oxygens (including phenoxy) is 1. The molecule has 0 spiro atoms. The molecule has 1 aromatic heterocycles. The van der Waals surface area contributed by atoms with Crippen LogP contribution in [-0.4, -0.2) is 42.6 Å². The van der Waals surface area contributed by atoms with E-state index in [1.165, 1.54) is 18.2 Å². The minimum atomic E-state index is -0.345. The zero-order chi connectivity index (χ0) is 17.6. The van der Waals surface area contributed by atoms with Crippen molar-refractivity contribution in [2.75, 3.05) is 32.1 Å². The standard InChI is InChI=1S/C20H25N3O2/c1-15-18(20(24)25-2)8-9-19(22-15)21-11-5-12-23-13-10-16-6-3-4-7-17(16)14-23/h3-4,6-9H,5,10-14H2,1-2H3,(H,21,22). The number of hydrogen-bond donors (Lipinski definition) is 1. The van der Waals surface area contributed by atoms with E-state index in [-0.39, 0.29) is 5.97 Å². The molecule has 0 aliphatic carbocycles. The lowest BCUT2D eigenvalue weighted by atomic mass is 10.00. The number of methoxy groups -OCH3 is 1. The molecule has 0 bridgehead atoms. The summed E-state index contributed by atoms with van der Waals surface area (Å²) in [5.41, 5.74) is 4.14. The Hall–Kier alpha value is -2.40. The van der Waals surface area contributed by atoms with Crippen molar-refractivity contribution in [2.45, 2.75) is 26.3 Å². The Labute approximate surface area is 149 Å². The first-order valence-electron chi connectivity index (χ1n) is 8.76. The molecule has 0 radical (unpaired) electrons. The maximum Gasteiger partial charge on any atom is 0.339 e. The molecule has 132 valence electrons. The number of esters is 1. The Balaban J connectivity index is 1.45. The van der Waals surface area contributed by atoms with Crippen molar-refractivity contribution in [3.8, 4) is 0 Å². The van der Waals surface area contributed by atoms with Crippen molar-refractivity contribution in [2.24, 2.45) is 0 Å². The minimum Gasteiger partial charge on any atom is -0.465 e. The molecule has 1 N–H and O–H groups in total. The summed E-state index contributed by atoms with van der Waals surface area (Å²) in [5, 5.41) is 3.34. The van der Waals surface area contributed by atoms with Gasteiger partial charge in [0, 0.05) is 26.2 Å². The third-order valence-corrected chi connectivity index (χ3v) is 4.66. The molecule has 5 nitrogen and oxygen atoms in total. The zero-order valence-electron chi connectivity index (χ0n) is 14.9. The van der Waals surface area contributed by atoms with Gasteiger partial charge in [-0.25, -0.2) is 9.78 Å². The number of nitrogens with one attached hydrogen (secondary N) is 1. The van der Waals surface area contributed by atoms with Gasteiger partial charge in [-0.3, -0.25) is 4.90 Å². The first-order valence-corrected chi connectivity index (χ1v) is 8.76. The maximum atomic E-state index is 11.6. The van der Waals surface area contributed by atoms with E-state index in [2.05, 4.69) is 39.5 Å². The molecule has 0 amide bonds. The highest BCUT2D eigenvalue weighted by Gasteiger charge is 2.15. The summed E-state index contributed by atoms with van der Waals surface area (Å²) in [6.45, 7) is 5.93. The summed E-state index contributed by atoms with van der Waals surface area (Å²) in [6, 6.07) is 12.3. The molecule has 2 heterocycles. The lowest BCUT2D eigenvalue weighted by Gasteiger charge is -2.28. The van der Waals surface area contributed by atoms with Crippen LogP contribution in [0.4, 0.5) is 5.82 Å². The predicted octanol–water partition coefficient (Wildman–Crippen LogP) is 3.04. The van der Waals surface area contributed by atoms with Crippen LogP contribution in [0.15, 0.2) is 36.4 Å². The number of rotatable bonds is 6. The van der Waals surface area contributed by atoms with E-state index in [0.717, 1.165) is 44.8 Å². The predicted molar refractivity (Wildman–Crippen MR) is 98.8 cm³/mol. The zero-order valence-corrected chi connectivity index (χ0v) is 14.9. The fourth-order valence-corrected chi connectivity index (χ4v) is 3.25. The van der Waals surface area contributed by atoms with Gasteiger partial charge in [-0.05, 0) is 43.0 Å². The Bertz CT molecular complexity index is 745. The lowest BCUT2D eigenvalue weighted by Crippen LogP contribution is -2.32. The van der Waals surface area contributed by atoms with Crippen molar-refractivity contribution >= 4 is 11.8 Å². The fourth-order valence-electron chi connectivity index (χ4n) is 3.25. The van der Waals surface area contributed by atoms with Gasteiger partial charge < -0.3 is 10.1 Å². The number of carbonyl (C=O) groups excluding carboxylic acids is 1. The first-order chi connectivity index (χ1) is 12.2. The van der Waals surface area contributed by atoms with Crippen LogP contribution in [0.2, 0.25) is 0 Å². The SMILES string of the molecule is COC(=O)c1ccc(NCCCN2CCc3ccccc3C2)nc1C. The number of aromatic nitrogens is 1. The smallest absolute Gasteiger partial charge is 0.339 e. The van der Waals surface area contributed by atoms with Crippen molar-refractivity contribution in [3.63, 3.8) is 0 Å². The van der Waals surface area contributed by atoms with E-state index < -0.39 is 0 Å². The Morgan fingerprint density at radius 1 is 1.24 bits per heavy atom. The van der Waals surface area contributed by atoms with Crippen LogP contribution in [0.3, 0.4) is 0 Å². The number of aryl methyl sites for hydroxylation is 1. The highest BCUT2D eigenvalue weighted by atomic mass is 16.5. The van der Waals surface area contributed by atoms with Gasteiger partial charge in [0.05, 0.1) is 18.4 Å². The van der Waals surface area contributed by atoms with Gasteiger partial charge in [-0.15, -0.1) is 0 Å². The third-order valence-electron chi connectivity index (χ3n) is 4.66. The van der Waals surface area contributed by atoms with Gasteiger partial charge >= 0.3 is 5.97 Å². The molecule has 0 unspecified atom stereocenters. The van der Waals surface area contributed by atoms with E-state index in [9.17, 15) is 4.79 Å². The van der Waals surface area contributed by atoms with E-state index in [1.807, 2.05) is 13.0 Å². The summed E-state index contributed by atoms with van der Waals surface area (Å²) < 4.78 is 4.74. The number of nitrogens with zero attached hydrogens (tertiary/aromatic N) is 2. The largest absolute Gasteiger partial charge is 0.465 e. The normalized spacial score (nSPS) is 14.0. The molecule has 25 heavy (non-hydrogen) atoms. The van der Waals surface area contributed by atoms with Crippen LogP contribution in [-0.2, 0) is 17.7 Å². The second-order valence-electron chi connectivity index (χ2n) is 6.40. The van der Waals surface area contributed by atoms with Crippen molar-refractivity contribution in [1.82, 2.24) is 9.88 Å². The van der Waals surface area contributed by atoms with Gasteiger partial charge in [0.2, 0.25) is 0 Å². The average Bonchev–Trinajstić information content (AvgIpc) is 2.64. The van der Waals surface area contributed by atoms with Crippen LogP contribution < -0.4 is 5.32 Å². The van der Waals surface area contributed by atoms with Crippen LogP contribution in [0, 0.1) is 6.92 Å². The summed E-state index contributed by atoms with van der Waals surface area (Å²) >= 11 is 0. The fraction of sp³-hybridized carbons (Fsp3) is 0.400. The van der Waals surface area contributed by atoms with Crippen molar-refractivity contribution < 1.29 is 9.53 Å². The quantitative estimate of drug-likeness (QED) is 0.648. The molecular weight excluding hydrogens is 314 g/mol. The van der Waals surface area contributed by atoms with Crippen molar-refractivity contribution in [1.29, 1.82) is 0 Å². The minimum absolute atomic E-state index is 0.345. The highest BCUT2D eigenvalue weighted by Crippen LogP contribution is 2.18. The maximum absolute atomic E-state index is 11.6.